The third kappa shape index (κ3) is 3.54. The Morgan fingerprint density at radius 3 is 2.67 bits per heavy atom. The summed E-state index contributed by atoms with van der Waals surface area (Å²) in [6.07, 6.45) is 6.02. The predicted octanol–water partition coefficient (Wildman–Crippen LogP) is 0.876. The van der Waals surface area contributed by atoms with E-state index in [1.807, 2.05) is 0 Å². The van der Waals surface area contributed by atoms with Crippen LogP contribution >= 0.6 is 0 Å². The molecule has 0 unspecified atom stereocenters. The predicted molar refractivity (Wildman–Crippen MR) is 26.6 cm³/mol. The van der Waals surface area contributed by atoms with Crippen LogP contribution < -0.4 is 5.73 Å². The van der Waals surface area contributed by atoms with Crippen molar-refractivity contribution in [2.24, 2.45) is 5.73 Å². The van der Waals surface area contributed by atoms with E-state index in [0.29, 0.717) is 0 Å². The largest absolute Gasteiger partial charge is 0.397 e. The van der Waals surface area contributed by atoms with Gasteiger partial charge >= 0.3 is 0 Å². The van der Waals surface area contributed by atoms with E-state index in [1.54, 1.807) is 6.08 Å². The maximum absolute atomic E-state index is 4.88. The minimum Gasteiger partial charge on any atom is -0.397 e. The summed E-state index contributed by atoms with van der Waals surface area (Å²) in [6, 6.07) is 0. The average molecular weight is 83.1 g/mol. The maximum Gasteiger partial charge on any atom is 0.0503 e. The van der Waals surface area contributed by atoms with Crippen molar-refractivity contribution >= 4 is 0 Å². The summed E-state index contributed by atoms with van der Waals surface area (Å²) in [6.45, 7) is 3.60. The second-order valence-corrected chi connectivity index (χ2v) is 1.01. The molecule has 0 atom stereocenters. The van der Waals surface area contributed by atoms with Crippen molar-refractivity contribution in [3.05, 3.63) is 19.2 Å². The molecule has 0 saturated carbocycles. The third-order valence-corrected chi connectivity index (χ3v) is 0.466. The van der Waals surface area contributed by atoms with Crippen LogP contribution in [0.5, 0.6) is 0 Å². The fraction of sp³-hybridized carbons (Fsp3) is 0.400. The minimum atomic E-state index is 0.907. The monoisotopic (exact) mass is 83.1 g/mol. The molecule has 0 rings (SSSR count). The van der Waals surface area contributed by atoms with Gasteiger partial charge in [0.05, 0.1) is 6.20 Å². The fourth-order valence-electron chi connectivity index (χ4n) is 0.185. The van der Waals surface area contributed by atoms with Crippen molar-refractivity contribution in [2.45, 2.75) is 12.8 Å². The topological polar surface area (TPSA) is 26.0 Å². The lowest BCUT2D eigenvalue weighted by molar-refractivity contribution is 1.04. The molecule has 0 amide bonds. The van der Waals surface area contributed by atoms with Crippen LogP contribution in [0.25, 0.3) is 0 Å². The van der Waals surface area contributed by atoms with Gasteiger partial charge in [-0.05, 0) is 12.8 Å². The molecule has 0 aliphatic heterocycles. The summed E-state index contributed by atoms with van der Waals surface area (Å²) in [5.41, 5.74) is 4.88. The van der Waals surface area contributed by atoms with Crippen LogP contribution in [0.1, 0.15) is 12.8 Å². The molecular formula is C5H9N. The summed E-state index contributed by atoms with van der Waals surface area (Å²) < 4.78 is 0. The Kier molecular flexibility index (Phi) is 4.19. The molecule has 2 radical (unpaired) electrons. The van der Waals surface area contributed by atoms with E-state index in [1.165, 1.54) is 0 Å². The van der Waals surface area contributed by atoms with E-state index >= 15 is 0 Å². The molecule has 2 N–H and O–H groups in total. The van der Waals surface area contributed by atoms with Crippen LogP contribution in [-0.4, -0.2) is 0 Å². The van der Waals surface area contributed by atoms with Crippen LogP contribution in [0.4, 0.5) is 0 Å². The highest BCUT2D eigenvalue weighted by Crippen LogP contribution is 1.82. The average Bonchev–Trinajstić information content (AvgIpc) is 1.61. The van der Waals surface area contributed by atoms with Crippen molar-refractivity contribution < 1.29 is 0 Å². The smallest absolute Gasteiger partial charge is 0.0503 e. The molecule has 0 aromatic carbocycles. The van der Waals surface area contributed by atoms with Gasteiger partial charge in [-0.3, -0.25) is 0 Å². The lowest BCUT2D eigenvalue weighted by Gasteiger charge is -1.75. The zero-order chi connectivity index (χ0) is 4.83. The highest BCUT2D eigenvalue weighted by molar-refractivity contribution is 4.68. The molecule has 0 aliphatic rings. The molecule has 1 heteroatoms. The number of hydrogen-bond acceptors (Lipinski definition) is 1. The van der Waals surface area contributed by atoms with Gasteiger partial charge in [0.1, 0.15) is 0 Å². The molecule has 0 saturated heterocycles. The van der Waals surface area contributed by atoms with Crippen molar-refractivity contribution in [3.63, 3.8) is 0 Å². The molecule has 0 aromatic rings. The number of unbranched alkanes of at least 4 members (excludes halogenated alkanes) is 1. The first-order valence-corrected chi connectivity index (χ1v) is 1.99. The molecule has 0 spiro atoms. The van der Waals surface area contributed by atoms with Crippen LogP contribution in [0.3, 0.4) is 0 Å². The molecule has 1 nitrogen and oxygen atoms in total. The van der Waals surface area contributed by atoms with Crippen LogP contribution in [-0.2, 0) is 0 Å². The molecule has 6 heavy (non-hydrogen) atoms. The van der Waals surface area contributed by atoms with Gasteiger partial charge in [-0.25, -0.2) is 0 Å². The molecular weight excluding hydrogens is 74.1 g/mol. The molecule has 0 bridgehead atoms. The zero-order valence-corrected chi connectivity index (χ0v) is 3.78. The van der Waals surface area contributed by atoms with E-state index in [-0.39, 0.29) is 0 Å². The minimum absolute atomic E-state index is 0.907. The van der Waals surface area contributed by atoms with Crippen LogP contribution in [0.15, 0.2) is 6.08 Å². The summed E-state index contributed by atoms with van der Waals surface area (Å²) in [7, 11) is 0. The second kappa shape index (κ2) is 4.54. The van der Waals surface area contributed by atoms with E-state index in [9.17, 15) is 0 Å². The van der Waals surface area contributed by atoms with Crippen LogP contribution in [0.2, 0.25) is 0 Å². The Bertz CT molecular complexity index is 39.2. The Balaban J connectivity index is 2.66. The second-order valence-electron chi connectivity index (χ2n) is 1.01. The number of allylic oxidation sites excluding steroid dienone is 1. The lowest BCUT2D eigenvalue weighted by atomic mass is 10.3. The maximum atomic E-state index is 4.88. The SMILES string of the molecule is [CH2]CC/C=[C]/N. The zero-order valence-electron chi connectivity index (χ0n) is 3.78. The summed E-state index contributed by atoms with van der Waals surface area (Å²) in [5.74, 6) is 0. The van der Waals surface area contributed by atoms with Gasteiger partial charge in [-0.2, -0.15) is 0 Å². The van der Waals surface area contributed by atoms with E-state index in [4.69, 9.17) is 5.73 Å². The summed E-state index contributed by atoms with van der Waals surface area (Å²) >= 11 is 0. The quantitative estimate of drug-likeness (QED) is 0.493. The summed E-state index contributed by atoms with van der Waals surface area (Å²) in [4.78, 5) is 0. The van der Waals surface area contributed by atoms with Gasteiger partial charge in [0.2, 0.25) is 0 Å². The third-order valence-electron chi connectivity index (χ3n) is 0.466. The van der Waals surface area contributed by atoms with Crippen LogP contribution in [0, 0.1) is 13.1 Å². The van der Waals surface area contributed by atoms with Crippen molar-refractivity contribution in [1.29, 1.82) is 0 Å². The molecule has 0 fully saturated rings. The Labute approximate surface area is 38.8 Å². The molecule has 0 heterocycles. The standard InChI is InChI=1S/C5H9N/c1-2-3-4-5-6/h4H,1-3,6H2. The lowest BCUT2D eigenvalue weighted by Crippen LogP contribution is -1.75. The van der Waals surface area contributed by atoms with Gasteiger partial charge in [0.25, 0.3) is 0 Å². The number of hydrogen-bond donors (Lipinski definition) is 1. The first kappa shape index (κ1) is 5.54. The first-order valence-electron chi connectivity index (χ1n) is 1.99. The first-order chi connectivity index (χ1) is 2.91. The number of rotatable bonds is 2. The molecule has 0 aromatic heterocycles. The van der Waals surface area contributed by atoms with E-state index in [2.05, 4.69) is 13.1 Å². The highest BCUT2D eigenvalue weighted by atomic mass is 14.5. The Morgan fingerprint density at radius 1 is 1.83 bits per heavy atom. The van der Waals surface area contributed by atoms with Crippen molar-refractivity contribution in [3.8, 4) is 0 Å². The van der Waals surface area contributed by atoms with Gasteiger partial charge in [-0.1, -0.05) is 13.0 Å². The van der Waals surface area contributed by atoms with Gasteiger partial charge in [-0.15, -0.1) is 0 Å². The van der Waals surface area contributed by atoms with Crippen molar-refractivity contribution in [1.82, 2.24) is 0 Å². The van der Waals surface area contributed by atoms with Crippen molar-refractivity contribution in [2.75, 3.05) is 0 Å². The Hall–Kier alpha value is -0.460. The molecule has 0 aliphatic carbocycles. The molecule has 34 valence electrons. The van der Waals surface area contributed by atoms with E-state index < -0.39 is 0 Å². The fourth-order valence-corrected chi connectivity index (χ4v) is 0.185. The van der Waals surface area contributed by atoms with Gasteiger partial charge in [0, 0.05) is 0 Å². The van der Waals surface area contributed by atoms with E-state index in [0.717, 1.165) is 12.8 Å². The van der Waals surface area contributed by atoms with Gasteiger partial charge in [0.15, 0.2) is 0 Å². The normalized spacial score (nSPS) is 10.2. The highest BCUT2D eigenvalue weighted by Gasteiger charge is 1.66. The Morgan fingerprint density at radius 2 is 2.50 bits per heavy atom. The summed E-state index contributed by atoms with van der Waals surface area (Å²) in [5, 5.41) is 0. The van der Waals surface area contributed by atoms with Gasteiger partial charge < -0.3 is 5.73 Å². The number of nitrogens with two attached hydrogens (primary N) is 1.